The normalized spacial score (nSPS) is 16.4. The van der Waals surface area contributed by atoms with Crippen molar-refractivity contribution in [3.8, 4) is 0 Å². The molecule has 122 valence electrons. The third kappa shape index (κ3) is 8.96. The zero-order valence-electron chi connectivity index (χ0n) is 11.5. The first-order valence-electron chi connectivity index (χ1n) is 6.11. The summed E-state index contributed by atoms with van der Waals surface area (Å²) in [5.74, 6) is 0. The van der Waals surface area contributed by atoms with Crippen LogP contribution in [0.15, 0.2) is 0 Å². The number of hydrogen-bond acceptors (Lipinski definition) is 7. The quantitative estimate of drug-likeness (QED) is 0.187. The predicted molar refractivity (Wildman–Crippen MR) is 69.3 cm³/mol. The summed E-state index contributed by atoms with van der Waals surface area (Å²) in [5.41, 5.74) is -0.862. The fourth-order valence-electron chi connectivity index (χ4n) is 1.47. The van der Waals surface area contributed by atoms with Crippen LogP contribution in [0.4, 0.5) is 0 Å². The average molecular weight is 317 g/mol. The monoisotopic (exact) mass is 317 g/mol. The molecule has 0 spiro atoms. The highest BCUT2D eigenvalue weighted by molar-refractivity contribution is 7.46. The zero-order chi connectivity index (χ0) is 16.0. The number of phosphoric ester groups is 1. The number of aliphatic hydroxyl groups excluding tert-OH is 3. The number of aliphatic hydroxyl groups is 4. The molecule has 10 heteroatoms. The van der Waals surface area contributed by atoms with Crippen LogP contribution >= 0.6 is 7.82 Å². The van der Waals surface area contributed by atoms with Crippen molar-refractivity contribution in [3.63, 3.8) is 0 Å². The first-order chi connectivity index (χ1) is 8.96. The maximum atomic E-state index is 10.5. The Morgan fingerprint density at radius 3 is 2.20 bits per heavy atom. The molecule has 0 aliphatic rings. The van der Waals surface area contributed by atoms with Crippen molar-refractivity contribution in [1.29, 1.82) is 0 Å². The maximum Gasteiger partial charge on any atom is 0.469 e. The van der Waals surface area contributed by atoms with Crippen molar-refractivity contribution in [1.82, 2.24) is 5.32 Å². The molecule has 0 aromatic carbocycles. The molecule has 0 aliphatic carbocycles. The second-order valence-corrected chi connectivity index (χ2v) is 6.41. The standard InChI is InChI=1S/C10H24NO8P/c1-10(2,4-6-19-20(16,17)18)8(14)9(15)11-5-3-7(12)13/h7-9,11-15H,3-6H2,1-2H3,(H2,16,17,18)/t8-,9?/m0/s1. The highest BCUT2D eigenvalue weighted by Crippen LogP contribution is 2.37. The lowest BCUT2D eigenvalue weighted by Crippen LogP contribution is -2.48. The van der Waals surface area contributed by atoms with Crippen molar-refractivity contribution in [3.05, 3.63) is 0 Å². The minimum Gasteiger partial charge on any atom is -0.388 e. The average Bonchev–Trinajstić information content (AvgIpc) is 2.25. The fraction of sp³-hybridized carbons (Fsp3) is 1.00. The Morgan fingerprint density at radius 2 is 1.75 bits per heavy atom. The molecule has 0 saturated carbocycles. The molecule has 2 atom stereocenters. The molecule has 0 saturated heterocycles. The summed E-state index contributed by atoms with van der Waals surface area (Å²) in [6.07, 6.45) is -3.93. The van der Waals surface area contributed by atoms with E-state index in [1.54, 1.807) is 13.8 Å². The SMILES string of the molecule is CC(C)(CCOP(=O)(O)O)[C@@H](O)C(O)NCCC(O)O. The van der Waals surface area contributed by atoms with Crippen LogP contribution in [0.5, 0.6) is 0 Å². The minimum atomic E-state index is -4.55. The van der Waals surface area contributed by atoms with Gasteiger partial charge in [0.05, 0.1) is 12.7 Å². The third-order valence-corrected chi connectivity index (χ3v) is 3.38. The van der Waals surface area contributed by atoms with Crippen molar-refractivity contribution in [2.75, 3.05) is 13.2 Å². The molecule has 1 unspecified atom stereocenters. The van der Waals surface area contributed by atoms with Crippen LogP contribution in [0.25, 0.3) is 0 Å². The first kappa shape index (κ1) is 19.9. The van der Waals surface area contributed by atoms with Crippen LogP contribution in [-0.2, 0) is 9.09 Å². The molecule has 0 radical (unpaired) electrons. The summed E-state index contributed by atoms with van der Waals surface area (Å²) in [4.78, 5) is 17.1. The van der Waals surface area contributed by atoms with Gasteiger partial charge in [0.1, 0.15) is 6.23 Å². The number of hydrogen-bond donors (Lipinski definition) is 7. The second-order valence-electron chi connectivity index (χ2n) is 5.18. The number of nitrogens with one attached hydrogen (secondary N) is 1. The van der Waals surface area contributed by atoms with Crippen LogP contribution in [0, 0.1) is 5.41 Å². The molecule has 0 fully saturated rings. The highest BCUT2D eigenvalue weighted by Gasteiger charge is 2.33. The smallest absolute Gasteiger partial charge is 0.388 e. The topological polar surface area (TPSA) is 160 Å². The molecule has 0 aromatic heterocycles. The number of phosphoric acid groups is 1. The summed E-state index contributed by atoms with van der Waals surface area (Å²) in [7, 11) is -4.55. The Bertz CT molecular complexity index is 318. The Labute approximate surface area is 117 Å². The lowest BCUT2D eigenvalue weighted by atomic mass is 9.82. The van der Waals surface area contributed by atoms with Crippen molar-refractivity contribution in [2.24, 2.45) is 5.41 Å². The van der Waals surface area contributed by atoms with Gasteiger partial charge in [-0.05, 0) is 11.8 Å². The predicted octanol–water partition coefficient (Wildman–Crippen LogP) is -1.52. The van der Waals surface area contributed by atoms with Gasteiger partial charge in [-0.3, -0.25) is 9.84 Å². The summed E-state index contributed by atoms with van der Waals surface area (Å²) >= 11 is 0. The van der Waals surface area contributed by atoms with E-state index in [-0.39, 0.29) is 26.0 Å². The van der Waals surface area contributed by atoms with E-state index in [0.29, 0.717) is 0 Å². The lowest BCUT2D eigenvalue weighted by Gasteiger charge is -2.34. The van der Waals surface area contributed by atoms with E-state index in [1.807, 2.05) is 0 Å². The molecule has 20 heavy (non-hydrogen) atoms. The van der Waals surface area contributed by atoms with Crippen LogP contribution in [0.3, 0.4) is 0 Å². The molecule has 9 nitrogen and oxygen atoms in total. The van der Waals surface area contributed by atoms with Gasteiger partial charge in [-0.1, -0.05) is 13.8 Å². The molecule has 0 aromatic rings. The van der Waals surface area contributed by atoms with Crippen molar-refractivity contribution in [2.45, 2.75) is 45.3 Å². The van der Waals surface area contributed by atoms with Gasteiger partial charge in [0, 0.05) is 13.0 Å². The molecule has 0 aliphatic heterocycles. The van der Waals surface area contributed by atoms with Crippen LogP contribution < -0.4 is 5.32 Å². The summed E-state index contributed by atoms with van der Waals surface area (Å²) in [6.45, 7) is 3.03. The van der Waals surface area contributed by atoms with E-state index in [2.05, 4.69) is 9.84 Å². The molecule has 0 rings (SSSR count). The van der Waals surface area contributed by atoms with Gasteiger partial charge in [-0.25, -0.2) is 4.57 Å². The largest absolute Gasteiger partial charge is 0.469 e. The van der Waals surface area contributed by atoms with E-state index in [1.165, 1.54) is 0 Å². The van der Waals surface area contributed by atoms with E-state index in [0.717, 1.165) is 0 Å². The third-order valence-electron chi connectivity index (χ3n) is 2.86. The van der Waals surface area contributed by atoms with Gasteiger partial charge in [-0.15, -0.1) is 0 Å². The Kier molecular flexibility index (Phi) is 8.34. The van der Waals surface area contributed by atoms with Gasteiger partial charge < -0.3 is 30.2 Å². The summed E-state index contributed by atoms with van der Waals surface area (Å²) in [6, 6.07) is 0. The van der Waals surface area contributed by atoms with Crippen molar-refractivity contribution < 1.29 is 39.3 Å². The molecular weight excluding hydrogens is 293 g/mol. The van der Waals surface area contributed by atoms with Gasteiger partial charge in [0.25, 0.3) is 0 Å². The Balaban J connectivity index is 4.20. The van der Waals surface area contributed by atoms with E-state index in [9.17, 15) is 14.8 Å². The Morgan fingerprint density at radius 1 is 1.20 bits per heavy atom. The Hall–Kier alpha value is -0.0900. The minimum absolute atomic E-state index is 0.00841. The van der Waals surface area contributed by atoms with Crippen LogP contribution in [0.1, 0.15) is 26.7 Å². The highest BCUT2D eigenvalue weighted by atomic mass is 31.2. The zero-order valence-corrected chi connectivity index (χ0v) is 12.4. The van der Waals surface area contributed by atoms with Gasteiger partial charge in [0.2, 0.25) is 0 Å². The van der Waals surface area contributed by atoms with Crippen molar-refractivity contribution >= 4 is 7.82 Å². The lowest BCUT2D eigenvalue weighted by molar-refractivity contribution is -0.0792. The van der Waals surface area contributed by atoms with E-state index in [4.69, 9.17) is 20.0 Å². The fourth-order valence-corrected chi connectivity index (χ4v) is 1.80. The van der Waals surface area contributed by atoms with E-state index < -0.39 is 31.9 Å². The van der Waals surface area contributed by atoms with Crippen LogP contribution in [0.2, 0.25) is 0 Å². The molecule has 7 N–H and O–H groups in total. The molecule has 0 heterocycles. The maximum absolute atomic E-state index is 10.5. The summed E-state index contributed by atoms with van der Waals surface area (Å²) in [5, 5.41) is 39.5. The molecular formula is C10H24NO8P. The van der Waals surface area contributed by atoms with Gasteiger partial charge >= 0.3 is 7.82 Å². The summed E-state index contributed by atoms with van der Waals surface area (Å²) < 4.78 is 14.8. The van der Waals surface area contributed by atoms with Crippen LogP contribution in [-0.4, -0.2) is 62.0 Å². The van der Waals surface area contributed by atoms with Gasteiger partial charge in [-0.2, -0.15) is 0 Å². The van der Waals surface area contributed by atoms with Gasteiger partial charge in [0.15, 0.2) is 6.29 Å². The second kappa shape index (κ2) is 8.38. The first-order valence-corrected chi connectivity index (χ1v) is 7.64. The molecule has 0 amide bonds. The molecule has 0 bridgehead atoms. The van der Waals surface area contributed by atoms with E-state index >= 15 is 0 Å². The number of rotatable bonds is 10.